The van der Waals surface area contributed by atoms with Gasteiger partial charge in [0.05, 0.1) is 11.4 Å². The van der Waals surface area contributed by atoms with Crippen molar-refractivity contribution in [2.75, 3.05) is 0 Å². The Balaban J connectivity index is 1.13. The number of fused-ring (bicyclic) bond motifs is 12. The summed E-state index contributed by atoms with van der Waals surface area (Å²) in [4.78, 5) is 20.1. The fraction of sp³-hybridized carbons (Fsp3) is 0.0508. The highest BCUT2D eigenvalue weighted by Crippen LogP contribution is 2.55. The van der Waals surface area contributed by atoms with Crippen LogP contribution in [-0.4, -0.2) is 19.9 Å². The summed E-state index contributed by atoms with van der Waals surface area (Å²) in [6.07, 6.45) is 3.71. The molecule has 2 aliphatic rings. The van der Waals surface area contributed by atoms with E-state index in [4.69, 9.17) is 24.7 Å². The summed E-state index contributed by atoms with van der Waals surface area (Å²) in [6, 6.07) is 68.2. The van der Waals surface area contributed by atoms with Crippen LogP contribution in [0.15, 0.2) is 207 Å². The first-order valence-electron chi connectivity index (χ1n) is 21.7. The van der Waals surface area contributed by atoms with Gasteiger partial charge in [-0.3, -0.25) is 0 Å². The van der Waals surface area contributed by atoms with Gasteiger partial charge in [0.25, 0.3) is 0 Å². The molecule has 0 spiro atoms. The Morgan fingerprint density at radius 3 is 1.53 bits per heavy atom. The van der Waals surface area contributed by atoms with Crippen molar-refractivity contribution >= 4 is 0 Å². The highest BCUT2D eigenvalue weighted by atomic mass is 16.5. The maximum Gasteiger partial charge on any atom is 0.160 e. The maximum absolute atomic E-state index is 7.30. The number of benzene rings is 8. The van der Waals surface area contributed by atoms with Gasteiger partial charge in [-0.25, -0.2) is 19.9 Å². The molecule has 1 aliphatic heterocycles. The second-order valence-electron chi connectivity index (χ2n) is 17.0. The molecule has 0 saturated carbocycles. The Morgan fingerprint density at radius 1 is 0.328 bits per heavy atom. The molecule has 12 rings (SSSR count). The standard InChI is InChI=1S/C59H40N4O/c1-59(2)51-27-15-13-25-46(51)49-32-50-48-31-39(58-62-53(37-17-5-3-6-18-37)34-54(63-58)40-35-60-57(61-36-40)38-19-7-4-8-20-38)29-30-45(48)43-23-10-9-21-41(43)42-22-11-12-24-44(42)47-26-14-16-28-55(47)64-56(50)33-52(49)59/h3-36H,1-2H3. The minimum atomic E-state index is -0.231. The molecular formula is C59H40N4O. The first-order chi connectivity index (χ1) is 31.5. The molecule has 0 saturated heterocycles. The largest absolute Gasteiger partial charge is 0.456 e. The molecule has 0 amide bonds. The Labute approximate surface area is 372 Å². The van der Waals surface area contributed by atoms with Crippen LogP contribution >= 0.6 is 0 Å². The van der Waals surface area contributed by atoms with Gasteiger partial charge in [0.1, 0.15) is 11.5 Å². The predicted molar refractivity (Wildman–Crippen MR) is 259 cm³/mol. The van der Waals surface area contributed by atoms with Crippen LogP contribution in [0.4, 0.5) is 0 Å². The molecule has 8 aromatic carbocycles. The van der Waals surface area contributed by atoms with E-state index in [-0.39, 0.29) is 5.41 Å². The van der Waals surface area contributed by atoms with Crippen molar-refractivity contribution in [3.63, 3.8) is 0 Å². The second kappa shape index (κ2) is 15.0. The van der Waals surface area contributed by atoms with Crippen LogP contribution in [0.25, 0.3) is 101 Å². The summed E-state index contributed by atoms with van der Waals surface area (Å²) in [5.74, 6) is 2.85. The molecule has 10 aromatic rings. The predicted octanol–water partition coefficient (Wildman–Crippen LogP) is 15.0. The lowest BCUT2D eigenvalue weighted by atomic mass is 9.81. The van der Waals surface area contributed by atoms with Gasteiger partial charge in [0.15, 0.2) is 11.6 Å². The molecule has 5 nitrogen and oxygen atoms in total. The number of rotatable bonds is 4. The molecule has 5 heteroatoms. The van der Waals surface area contributed by atoms with Crippen molar-refractivity contribution in [2.45, 2.75) is 19.3 Å². The van der Waals surface area contributed by atoms with Crippen molar-refractivity contribution in [3.8, 4) is 112 Å². The van der Waals surface area contributed by atoms with E-state index >= 15 is 0 Å². The number of para-hydroxylation sites is 1. The van der Waals surface area contributed by atoms with Crippen molar-refractivity contribution < 1.29 is 4.74 Å². The number of aromatic nitrogens is 4. The lowest BCUT2D eigenvalue weighted by molar-refractivity contribution is 0.484. The van der Waals surface area contributed by atoms with Crippen LogP contribution in [0.3, 0.4) is 0 Å². The average Bonchev–Trinajstić information content (AvgIpc) is 3.58. The molecule has 3 heterocycles. The Bertz CT molecular complexity index is 3430. The van der Waals surface area contributed by atoms with Crippen LogP contribution in [0.2, 0.25) is 0 Å². The number of ether oxygens (including phenoxy) is 1. The third kappa shape index (κ3) is 6.24. The Kier molecular flexibility index (Phi) is 8.76. The van der Waals surface area contributed by atoms with Gasteiger partial charge in [-0.15, -0.1) is 0 Å². The zero-order chi connectivity index (χ0) is 42.8. The van der Waals surface area contributed by atoms with E-state index in [0.717, 1.165) is 89.6 Å². The van der Waals surface area contributed by atoms with E-state index in [0.29, 0.717) is 11.6 Å². The van der Waals surface area contributed by atoms with E-state index in [1.165, 1.54) is 22.3 Å². The lowest BCUT2D eigenvalue weighted by Crippen LogP contribution is -2.15. The highest BCUT2D eigenvalue weighted by Gasteiger charge is 2.37. The van der Waals surface area contributed by atoms with E-state index < -0.39 is 0 Å². The molecule has 0 atom stereocenters. The number of hydrogen-bond acceptors (Lipinski definition) is 5. The summed E-state index contributed by atoms with van der Waals surface area (Å²) in [5, 5.41) is 0. The molecule has 0 N–H and O–H groups in total. The molecule has 0 fully saturated rings. The molecule has 1 aliphatic carbocycles. The van der Waals surface area contributed by atoms with Crippen molar-refractivity contribution in [1.82, 2.24) is 19.9 Å². The van der Waals surface area contributed by atoms with Gasteiger partial charge in [0.2, 0.25) is 0 Å². The molecule has 0 unspecified atom stereocenters. The lowest BCUT2D eigenvalue weighted by Gasteiger charge is -2.24. The third-order valence-electron chi connectivity index (χ3n) is 12.9. The first kappa shape index (κ1) is 37.5. The fourth-order valence-electron chi connectivity index (χ4n) is 9.64. The van der Waals surface area contributed by atoms with Gasteiger partial charge in [0, 0.05) is 51.2 Å². The van der Waals surface area contributed by atoms with E-state index in [9.17, 15) is 0 Å². The quantitative estimate of drug-likeness (QED) is 0.177. The molecule has 0 bridgehead atoms. The number of nitrogens with zero attached hydrogens (tertiary/aromatic N) is 4. The Hall–Kier alpha value is -8.28. The molecule has 0 radical (unpaired) electrons. The van der Waals surface area contributed by atoms with Crippen molar-refractivity contribution in [3.05, 3.63) is 218 Å². The first-order valence-corrected chi connectivity index (χ1v) is 21.7. The van der Waals surface area contributed by atoms with Crippen molar-refractivity contribution in [2.24, 2.45) is 0 Å². The van der Waals surface area contributed by atoms with Crippen LogP contribution < -0.4 is 4.74 Å². The topological polar surface area (TPSA) is 60.8 Å². The molecule has 2 aromatic heterocycles. The van der Waals surface area contributed by atoms with E-state index in [2.05, 4.69) is 153 Å². The summed E-state index contributed by atoms with van der Waals surface area (Å²) in [7, 11) is 0. The normalized spacial score (nSPS) is 12.8. The van der Waals surface area contributed by atoms with Crippen LogP contribution in [0.5, 0.6) is 11.5 Å². The Morgan fingerprint density at radius 2 is 0.859 bits per heavy atom. The molecule has 64 heavy (non-hydrogen) atoms. The van der Waals surface area contributed by atoms with Gasteiger partial charge >= 0.3 is 0 Å². The van der Waals surface area contributed by atoms with Crippen molar-refractivity contribution in [1.29, 1.82) is 0 Å². The minimum Gasteiger partial charge on any atom is -0.456 e. The zero-order valence-electron chi connectivity index (χ0n) is 35.3. The van der Waals surface area contributed by atoms with Gasteiger partial charge < -0.3 is 4.74 Å². The summed E-state index contributed by atoms with van der Waals surface area (Å²) in [5.41, 5.74) is 18.6. The monoisotopic (exact) mass is 820 g/mol. The minimum absolute atomic E-state index is 0.231. The third-order valence-corrected chi connectivity index (χ3v) is 12.9. The highest BCUT2D eigenvalue weighted by molar-refractivity contribution is 6.00. The fourth-order valence-corrected chi connectivity index (χ4v) is 9.64. The summed E-state index contributed by atoms with van der Waals surface area (Å²) in [6.45, 7) is 4.63. The SMILES string of the molecule is CC1(C)c2ccccc2-c2cc3c(cc21)Oc1ccccc1-c1ccccc1-c1ccccc1-c1ccc(-c2nc(-c4ccccc4)cc(-c4cnc(-c5ccccc5)nc4)n2)cc1-3. The van der Waals surface area contributed by atoms with Crippen LogP contribution in [0, 0.1) is 0 Å². The summed E-state index contributed by atoms with van der Waals surface area (Å²) >= 11 is 0. The molecule has 302 valence electrons. The van der Waals surface area contributed by atoms with Gasteiger partial charge in [-0.1, -0.05) is 178 Å². The van der Waals surface area contributed by atoms with Gasteiger partial charge in [-0.05, 0) is 86.0 Å². The second-order valence-corrected chi connectivity index (χ2v) is 17.0. The number of hydrogen-bond donors (Lipinski definition) is 0. The van der Waals surface area contributed by atoms with E-state index in [1.54, 1.807) is 0 Å². The summed E-state index contributed by atoms with van der Waals surface area (Å²) < 4.78 is 7.30. The van der Waals surface area contributed by atoms with Crippen LogP contribution in [-0.2, 0) is 5.41 Å². The zero-order valence-corrected chi connectivity index (χ0v) is 35.3. The molecular weight excluding hydrogens is 781 g/mol. The van der Waals surface area contributed by atoms with Gasteiger partial charge in [-0.2, -0.15) is 0 Å². The maximum atomic E-state index is 7.30. The smallest absolute Gasteiger partial charge is 0.160 e. The van der Waals surface area contributed by atoms with Crippen LogP contribution in [0.1, 0.15) is 25.0 Å². The van der Waals surface area contributed by atoms with E-state index in [1.807, 2.05) is 67.0 Å². The average molecular weight is 821 g/mol.